The summed E-state index contributed by atoms with van der Waals surface area (Å²) >= 11 is 0. The third-order valence-corrected chi connectivity index (χ3v) is 8.12. The zero-order valence-electron chi connectivity index (χ0n) is 17.4. The molecule has 1 unspecified atom stereocenters. The van der Waals surface area contributed by atoms with Crippen molar-refractivity contribution in [3.8, 4) is 0 Å². The summed E-state index contributed by atoms with van der Waals surface area (Å²) in [5.41, 5.74) is 5.93. The quantitative estimate of drug-likeness (QED) is 0.662. The summed E-state index contributed by atoms with van der Waals surface area (Å²) in [6.45, 7) is 4.43. The summed E-state index contributed by atoms with van der Waals surface area (Å²) in [5, 5.41) is 0. The normalized spacial score (nSPS) is 25.8. The van der Waals surface area contributed by atoms with Gasteiger partial charge < -0.3 is 9.80 Å². The van der Waals surface area contributed by atoms with Crippen LogP contribution in [-0.2, 0) is 5.41 Å². The van der Waals surface area contributed by atoms with Gasteiger partial charge >= 0.3 is 0 Å². The van der Waals surface area contributed by atoms with Gasteiger partial charge in [0.05, 0.1) is 0 Å². The number of hydrogen-bond acceptors (Lipinski definition) is 3. The minimum atomic E-state index is -0.292. The highest BCUT2D eigenvalue weighted by molar-refractivity contribution is 5.95. The topological polar surface area (TPSA) is 23.6 Å². The minimum Gasteiger partial charge on any atom is -0.367 e. The maximum atomic E-state index is 13.1. The van der Waals surface area contributed by atoms with E-state index in [0.29, 0.717) is 29.4 Å². The van der Waals surface area contributed by atoms with Crippen LogP contribution in [0.4, 0.5) is 10.1 Å². The second-order valence-electron chi connectivity index (χ2n) is 9.76. The highest BCUT2D eigenvalue weighted by atomic mass is 19.1. The molecule has 30 heavy (non-hydrogen) atoms. The van der Waals surface area contributed by atoms with E-state index in [0.717, 1.165) is 26.1 Å². The third kappa shape index (κ3) is 2.91. The Morgan fingerprint density at radius 3 is 2.70 bits per heavy atom. The molecule has 0 bridgehead atoms. The zero-order valence-corrected chi connectivity index (χ0v) is 17.4. The summed E-state index contributed by atoms with van der Waals surface area (Å²) in [6.07, 6.45) is 6.71. The van der Waals surface area contributed by atoms with Gasteiger partial charge in [0.15, 0.2) is 5.78 Å². The number of carbonyl (C=O) groups is 1. The number of carbonyl (C=O) groups excluding carboxylic acids is 1. The fourth-order valence-electron chi connectivity index (χ4n) is 6.32. The standard InChI is InChI=1S/C26H29FN2O/c27-19-8-6-18(7-9-19)24(30)5-2-14-28-15-10-23-21(17-28)20-3-1-4-22-25(20)29(23)16-13-26(22)11-12-26/h1,3-4,6-9,21,23H,2,5,10-17H2/t21-,23?/m0/s1. The molecular weight excluding hydrogens is 375 g/mol. The third-order valence-electron chi connectivity index (χ3n) is 8.12. The number of halogens is 1. The van der Waals surface area contributed by atoms with Crippen LogP contribution in [0.3, 0.4) is 0 Å². The van der Waals surface area contributed by atoms with Gasteiger partial charge in [-0.05, 0) is 79.5 Å². The van der Waals surface area contributed by atoms with Gasteiger partial charge in [-0.1, -0.05) is 18.2 Å². The van der Waals surface area contributed by atoms with Crippen molar-refractivity contribution in [3.63, 3.8) is 0 Å². The van der Waals surface area contributed by atoms with Gasteiger partial charge in [-0.3, -0.25) is 4.79 Å². The van der Waals surface area contributed by atoms with Crippen LogP contribution in [0.5, 0.6) is 0 Å². The molecule has 3 aliphatic heterocycles. The van der Waals surface area contributed by atoms with Gasteiger partial charge in [-0.25, -0.2) is 4.39 Å². The van der Waals surface area contributed by atoms with Crippen LogP contribution in [0.25, 0.3) is 0 Å². The summed E-state index contributed by atoms with van der Waals surface area (Å²) in [6, 6.07) is 13.7. The molecule has 0 amide bonds. The molecule has 6 rings (SSSR count). The number of Topliss-reactive ketones (excluding diaryl/α,β-unsaturated/α-hetero) is 1. The Hall–Kier alpha value is -2.20. The molecule has 1 saturated heterocycles. The Bertz CT molecular complexity index is 981. The van der Waals surface area contributed by atoms with E-state index >= 15 is 0 Å². The van der Waals surface area contributed by atoms with E-state index in [1.807, 2.05) is 0 Å². The van der Waals surface area contributed by atoms with Gasteiger partial charge in [-0.2, -0.15) is 0 Å². The largest absolute Gasteiger partial charge is 0.367 e. The summed E-state index contributed by atoms with van der Waals surface area (Å²) < 4.78 is 13.1. The number of likely N-dealkylation sites (tertiary alicyclic amines) is 1. The molecule has 1 aliphatic carbocycles. The molecule has 3 heterocycles. The predicted molar refractivity (Wildman–Crippen MR) is 117 cm³/mol. The van der Waals surface area contributed by atoms with Gasteiger partial charge in [-0.15, -0.1) is 0 Å². The average Bonchev–Trinajstić information content (AvgIpc) is 3.48. The number of fused-ring (bicyclic) bond motifs is 4. The molecule has 2 fully saturated rings. The van der Waals surface area contributed by atoms with Crippen molar-refractivity contribution >= 4 is 11.5 Å². The second-order valence-corrected chi connectivity index (χ2v) is 9.76. The second kappa shape index (κ2) is 6.91. The molecule has 156 valence electrons. The van der Waals surface area contributed by atoms with Crippen LogP contribution in [0.1, 0.15) is 65.9 Å². The van der Waals surface area contributed by atoms with Crippen LogP contribution < -0.4 is 4.90 Å². The molecule has 2 aromatic rings. The van der Waals surface area contributed by atoms with Crippen molar-refractivity contribution in [2.45, 2.75) is 55.9 Å². The van der Waals surface area contributed by atoms with E-state index in [-0.39, 0.29) is 11.6 Å². The van der Waals surface area contributed by atoms with Crippen molar-refractivity contribution in [1.29, 1.82) is 0 Å². The molecule has 2 aromatic carbocycles. The first-order valence-electron chi connectivity index (χ1n) is 11.6. The van der Waals surface area contributed by atoms with E-state index < -0.39 is 0 Å². The highest BCUT2D eigenvalue weighted by Gasteiger charge is 2.53. The smallest absolute Gasteiger partial charge is 0.162 e. The molecule has 2 atom stereocenters. The van der Waals surface area contributed by atoms with Crippen LogP contribution >= 0.6 is 0 Å². The lowest BCUT2D eigenvalue weighted by Crippen LogP contribution is -2.48. The van der Waals surface area contributed by atoms with Crippen LogP contribution in [0, 0.1) is 5.82 Å². The SMILES string of the molecule is O=C(CCCN1CCC2[C@@H](C1)c1cccc3c1N2CCC31CC1)c1ccc(F)cc1. The molecule has 1 saturated carbocycles. The fourth-order valence-corrected chi connectivity index (χ4v) is 6.32. The van der Waals surface area contributed by atoms with Crippen molar-refractivity contribution in [2.24, 2.45) is 0 Å². The van der Waals surface area contributed by atoms with Gasteiger partial charge in [0, 0.05) is 49.3 Å². The van der Waals surface area contributed by atoms with E-state index in [1.54, 1.807) is 28.9 Å². The van der Waals surface area contributed by atoms with Crippen molar-refractivity contribution < 1.29 is 9.18 Å². The lowest BCUT2D eigenvalue weighted by molar-refractivity contribution is 0.0971. The first kappa shape index (κ1) is 18.6. The van der Waals surface area contributed by atoms with Crippen molar-refractivity contribution in [1.82, 2.24) is 4.90 Å². The molecule has 4 aliphatic rings. The van der Waals surface area contributed by atoms with E-state index in [4.69, 9.17) is 0 Å². The van der Waals surface area contributed by atoms with Crippen molar-refractivity contribution in [3.05, 3.63) is 65.0 Å². The Kier molecular flexibility index (Phi) is 4.28. The summed E-state index contributed by atoms with van der Waals surface area (Å²) in [4.78, 5) is 17.7. The summed E-state index contributed by atoms with van der Waals surface area (Å²) in [7, 11) is 0. The Morgan fingerprint density at radius 2 is 1.90 bits per heavy atom. The van der Waals surface area contributed by atoms with Crippen LogP contribution in [0.2, 0.25) is 0 Å². The number of rotatable bonds is 5. The molecule has 4 heteroatoms. The van der Waals surface area contributed by atoms with E-state index in [2.05, 4.69) is 28.0 Å². The predicted octanol–water partition coefficient (Wildman–Crippen LogP) is 4.90. The fraction of sp³-hybridized carbons (Fsp3) is 0.500. The number of benzene rings is 2. The molecule has 3 nitrogen and oxygen atoms in total. The number of nitrogens with zero attached hydrogens (tertiary/aromatic N) is 2. The van der Waals surface area contributed by atoms with Gasteiger partial charge in [0.2, 0.25) is 0 Å². The van der Waals surface area contributed by atoms with Gasteiger partial charge in [0.25, 0.3) is 0 Å². The lowest BCUT2D eigenvalue weighted by atomic mass is 9.85. The minimum absolute atomic E-state index is 0.118. The van der Waals surface area contributed by atoms with E-state index in [1.165, 1.54) is 44.4 Å². The maximum absolute atomic E-state index is 13.1. The number of ketones is 1. The average molecular weight is 405 g/mol. The van der Waals surface area contributed by atoms with Crippen molar-refractivity contribution in [2.75, 3.05) is 31.1 Å². The zero-order chi connectivity index (χ0) is 20.3. The Morgan fingerprint density at radius 1 is 1.07 bits per heavy atom. The highest BCUT2D eigenvalue weighted by Crippen LogP contribution is 2.60. The maximum Gasteiger partial charge on any atom is 0.162 e. The van der Waals surface area contributed by atoms with Gasteiger partial charge in [0.1, 0.15) is 5.82 Å². The monoisotopic (exact) mass is 404 g/mol. The molecule has 0 aromatic heterocycles. The summed E-state index contributed by atoms with van der Waals surface area (Å²) in [5.74, 6) is 0.433. The number of para-hydroxylation sites is 1. The molecule has 0 radical (unpaired) electrons. The first-order valence-corrected chi connectivity index (χ1v) is 11.6. The number of piperidine rings is 1. The number of anilines is 1. The molecule has 0 N–H and O–H groups in total. The van der Waals surface area contributed by atoms with Crippen LogP contribution in [-0.4, -0.2) is 42.9 Å². The number of hydrogen-bond donors (Lipinski definition) is 0. The first-order chi connectivity index (χ1) is 14.6. The molecular formula is C26H29FN2O. The van der Waals surface area contributed by atoms with Crippen LogP contribution in [0.15, 0.2) is 42.5 Å². The Labute approximate surface area is 177 Å². The van der Waals surface area contributed by atoms with E-state index in [9.17, 15) is 9.18 Å². The lowest BCUT2D eigenvalue weighted by Gasteiger charge is -2.41. The Balaban J connectivity index is 1.12. The molecule has 1 spiro atoms.